The van der Waals surface area contributed by atoms with Gasteiger partial charge in [-0.3, -0.25) is 9.59 Å². The summed E-state index contributed by atoms with van der Waals surface area (Å²) in [5.74, 6) is -0.773. The van der Waals surface area contributed by atoms with E-state index in [-0.39, 0.29) is 18.8 Å². The number of esters is 1. The molecule has 0 heterocycles. The van der Waals surface area contributed by atoms with Crippen LogP contribution in [0.5, 0.6) is 0 Å². The molecule has 0 fully saturated rings. The number of benzene rings is 2. The van der Waals surface area contributed by atoms with Crippen molar-refractivity contribution in [1.29, 1.82) is 0 Å². The van der Waals surface area contributed by atoms with E-state index in [1.54, 1.807) is 25.1 Å². The molecule has 2 aromatic rings. The Bertz CT molecular complexity index is 735. The summed E-state index contributed by atoms with van der Waals surface area (Å²) in [4.78, 5) is 23.8. The van der Waals surface area contributed by atoms with Crippen LogP contribution in [-0.4, -0.2) is 18.4 Å². The van der Waals surface area contributed by atoms with Gasteiger partial charge in [-0.2, -0.15) is 0 Å². The van der Waals surface area contributed by atoms with E-state index in [1.807, 2.05) is 42.5 Å². The maximum Gasteiger partial charge on any atom is 0.313 e. The largest absolute Gasteiger partial charge is 0.466 e. The second-order valence-corrected chi connectivity index (χ2v) is 5.25. The van der Waals surface area contributed by atoms with Crippen molar-refractivity contribution in [3.63, 3.8) is 0 Å². The van der Waals surface area contributed by atoms with Crippen LogP contribution in [0.1, 0.15) is 34.8 Å². The Morgan fingerprint density at radius 1 is 1.00 bits per heavy atom. The molecule has 0 radical (unpaired) electrons. The van der Waals surface area contributed by atoms with Crippen LogP contribution in [0.2, 0.25) is 5.02 Å². The molecule has 0 unspecified atom stereocenters. The predicted molar refractivity (Wildman–Crippen MR) is 92.4 cm³/mol. The van der Waals surface area contributed by atoms with Crippen molar-refractivity contribution >= 4 is 35.5 Å². The molecule has 0 saturated heterocycles. The summed E-state index contributed by atoms with van der Waals surface area (Å²) in [6.45, 7) is 1.98. The van der Waals surface area contributed by atoms with Crippen molar-refractivity contribution in [2.45, 2.75) is 13.3 Å². The summed E-state index contributed by atoms with van der Waals surface area (Å²) < 4.78 is 4.82. The molecule has 0 amide bonds. The van der Waals surface area contributed by atoms with Gasteiger partial charge in [0, 0.05) is 10.6 Å². The van der Waals surface area contributed by atoms with Crippen molar-refractivity contribution in [3.05, 3.63) is 70.2 Å². The molecule has 4 heteroatoms. The molecule has 118 valence electrons. The van der Waals surface area contributed by atoms with Crippen molar-refractivity contribution in [2.24, 2.45) is 0 Å². The number of halogens is 1. The molecule has 0 atom stereocenters. The third-order valence-electron chi connectivity index (χ3n) is 3.22. The molecule has 0 N–H and O–H groups in total. The molecule has 0 saturated carbocycles. The molecule has 0 spiro atoms. The highest BCUT2D eigenvalue weighted by molar-refractivity contribution is 6.32. The molecule has 0 aliphatic heterocycles. The number of hydrogen-bond donors (Lipinski definition) is 0. The third-order valence-corrected chi connectivity index (χ3v) is 3.56. The Hall–Kier alpha value is -2.39. The zero-order valence-corrected chi connectivity index (χ0v) is 13.5. The lowest BCUT2D eigenvalue weighted by atomic mass is 10.0. The molecule has 23 heavy (non-hydrogen) atoms. The topological polar surface area (TPSA) is 43.4 Å². The average molecular weight is 329 g/mol. The first-order valence-electron chi connectivity index (χ1n) is 7.32. The highest BCUT2D eigenvalue weighted by atomic mass is 35.5. The first-order chi connectivity index (χ1) is 11.1. The summed E-state index contributed by atoms with van der Waals surface area (Å²) in [5.41, 5.74) is 2.09. The van der Waals surface area contributed by atoms with E-state index < -0.39 is 5.97 Å². The summed E-state index contributed by atoms with van der Waals surface area (Å²) in [6.07, 6.45) is 3.41. The van der Waals surface area contributed by atoms with Crippen LogP contribution in [0.3, 0.4) is 0 Å². The lowest BCUT2D eigenvalue weighted by molar-refractivity contribution is -0.141. The molecular weight excluding hydrogens is 312 g/mol. The van der Waals surface area contributed by atoms with Crippen LogP contribution in [0.15, 0.2) is 48.5 Å². The van der Waals surface area contributed by atoms with Crippen LogP contribution < -0.4 is 0 Å². The third kappa shape index (κ3) is 4.80. The van der Waals surface area contributed by atoms with Gasteiger partial charge in [-0.25, -0.2) is 0 Å². The molecule has 0 aliphatic carbocycles. The van der Waals surface area contributed by atoms with Crippen molar-refractivity contribution in [1.82, 2.24) is 0 Å². The number of hydrogen-bond acceptors (Lipinski definition) is 3. The molecule has 0 aromatic heterocycles. The minimum Gasteiger partial charge on any atom is -0.466 e. The van der Waals surface area contributed by atoms with Gasteiger partial charge in [-0.05, 0) is 24.1 Å². The van der Waals surface area contributed by atoms with Gasteiger partial charge in [0.15, 0.2) is 5.78 Å². The fourth-order valence-corrected chi connectivity index (χ4v) is 2.32. The zero-order chi connectivity index (χ0) is 16.7. The van der Waals surface area contributed by atoms with Crippen LogP contribution in [0.4, 0.5) is 0 Å². The standard InChI is InChI=1S/C19H17ClO3/c1-2-23-19(22)13-18(21)16-9-5-3-7-14(16)11-12-15-8-4-6-10-17(15)20/h3-12H,2,13H2,1H3/b12-11+. The van der Waals surface area contributed by atoms with Gasteiger partial charge >= 0.3 is 5.97 Å². The monoisotopic (exact) mass is 328 g/mol. The lowest BCUT2D eigenvalue weighted by Gasteiger charge is -2.05. The zero-order valence-electron chi connectivity index (χ0n) is 12.8. The normalized spacial score (nSPS) is 10.7. The number of Topliss-reactive ketones (excluding diaryl/α,β-unsaturated/α-hetero) is 1. The Labute approximate surface area is 140 Å². The summed E-state index contributed by atoms with van der Waals surface area (Å²) in [5, 5.41) is 0.638. The van der Waals surface area contributed by atoms with Crippen molar-refractivity contribution in [3.8, 4) is 0 Å². The van der Waals surface area contributed by atoms with E-state index >= 15 is 0 Å². The summed E-state index contributed by atoms with van der Waals surface area (Å²) >= 11 is 6.12. The molecule has 0 aliphatic rings. The number of carbonyl (C=O) groups is 2. The van der Waals surface area contributed by atoms with Crippen molar-refractivity contribution in [2.75, 3.05) is 6.61 Å². The maximum atomic E-state index is 12.3. The first kappa shape index (κ1) is 17.0. The summed E-state index contributed by atoms with van der Waals surface area (Å²) in [7, 11) is 0. The number of ether oxygens (including phenoxy) is 1. The van der Waals surface area contributed by atoms with Gasteiger partial charge in [0.25, 0.3) is 0 Å². The first-order valence-corrected chi connectivity index (χ1v) is 7.70. The van der Waals surface area contributed by atoms with Gasteiger partial charge in [0.2, 0.25) is 0 Å². The highest BCUT2D eigenvalue weighted by Crippen LogP contribution is 2.20. The number of carbonyl (C=O) groups excluding carboxylic acids is 2. The van der Waals surface area contributed by atoms with E-state index in [0.29, 0.717) is 10.6 Å². The van der Waals surface area contributed by atoms with E-state index in [9.17, 15) is 9.59 Å². The lowest BCUT2D eigenvalue weighted by Crippen LogP contribution is -2.12. The minimum atomic E-state index is -0.512. The van der Waals surface area contributed by atoms with Gasteiger partial charge in [0.05, 0.1) is 6.61 Å². The molecule has 2 rings (SSSR count). The number of ketones is 1. The quantitative estimate of drug-likeness (QED) is 0.335. The molecular formula is C19H17ClO3. The number of rotatable bonds is 6. The van der Waals surface area contributed by atoms with Gasteiger partial charge in [-0.1, -0.05) is 66.2 Å². The van der Waals surface area contributed by atoms with Crippen molar-refractivity contribution < 1.29 is 14.3 Å². The van der Waals surface area contributed by atoms with E-state index in [0.717, 1.165) is 11.1 Å². The van der Waals surface area contributed by atoms with Gasteiger partial charge in [-0.15, -0.1) is 0 Å². The Balaban J connectivity index is 2.22. The van der Waals surface area contributed by atoms with Gasteiger partial charge < -0.3 is 4.74 Å². The fraction of sp³-hybridized carbons (Fsp3) is 0.158. The molecule has 3 nitrogen and oxygen atoms in total. The molecule has 2 aromatic carbocycles. The average Bonchev–Trinajstić information content (AvgIpc) is 2.54. The summed E-state index contributed by atoms with van der Waals surface area (Å²) in [6, 6.07) is 14.6. The maximum absolute atomic E-state index is 12.3. The van der Waals surface area contributed by atoms with E-state index in [1.165, 1.54) is 0 Å². The van der Waals surface area contributed by atoms with Crippen LogP contribution in [-0.2, 0) is 9.53 Å². The van der Waals surface area contributed by atoms with Crippen LogP contribution >= 0.6 is 11.6 Å². The Morgan fingerprint density at radius 3 is 2.30 bits per heavy atom. The fourth-order valence-electron chi connectivity index (χ4n) is 2.12. The SMILES string of the molecule is CCOC(=O)CC(=O)c1ccccc1/C=C/c1ccccc1Cl. The van der Waals surface area contributed by atoms with E-state index in [2.05, 4.69) is 0 Å². The smallest absolute Gasteiger partial charge is 0.313 e. The highest BCUT2D eigenvalue weighted by Gasteiger charge is 2.14. The second-order valence-electron chi connectivity index (χ2n) is 4.85. The predicted octanol–water partition coefficient (Wildman–Crippen LogP) is 4.65. The Morgan fingerprint density at radius 2 is 1.61 bits per heavy atom. The Kier molecular flexibility index (Phi) is 6.12. The second kappa shape index (κ2) is 8.30. The minimum absolute atomic E-state index is 0.259. The van der Waals surface area contributed by atoms with Crippen LogP contribution in [0.25, 0.3) is 12.2 Å². The van der Waals surface area contributed by atoms with Gasteiger partial charge in [0.1, 0.15) is 6.42 Å². The van der Waals surface area contributed by atoms with E-state index in [4.69, 9.17) is 16.3 Å². The molecule has 0 bridgehead atoms. The van der Waals surface area contributed by atoms with Crippen LogP contribution in [0, 0.1) is 0 Å².